The first-order chi connectivity index (χ1) is 16.1. The smallest absolute Gasteiger partial charge is 0.187 e. The molecular formula is C23H31N7O2S2. The summed E-state index contributed by atoms with van der Waals surface area (Å²) in [5, 5.41) is 5.39. The number of hydrogen-bond donors (Lipinski definition) is 1. The van der Waals surface area contributed by atoms with Gasteiger partial charge >= 0.3 is 0 Å². The van der Waals surface area contributed by atoms with Gasteiger partial charge in [-0.05, 0) is 30.9 Å². The van der Waals surface area contributed by atoms with E-state index < -0.39 is 9.84 Å². The number of rotatable bonds is 6. The van der Waals surface area contributed by atoms with E-state index in [0.717, 1.165) is 64.1 Å². The van der Waals surface area contributed by atoms with Gasteiger partial charge in [0, 0.05) is 56.3 Å². The number of aryl methyl sites for hydroxylation is 1. The molecule has 4 aromatic rings. The lowest BCUT2D eigenvalue weighted by atomic mass is 9.96. The largest absolute Gasteiger partial charge is 0.345 e. The molecule has 0 aromatic carbocycles. The van der Waals surface area contributed by atoms with Crippen LogP contribution in [-0.2, 0) is 9.84 Å². The van der Waals surface area contributed by atoms with Crippen LogP contribution in [0.25, 0.3) is 27.3 Å². The molecule has 5 heterocycles. The standard InChI is InChI=1S/C23H31N7O2S2/c1-14(2)18-19(17-12-30-21(24-13-25-30)16(4)15(17)3)26-22-20(18)27-23(33-22)29-8-6-28(7-9-29)10-11-34(5,31)32/h12-14,26H,6-11H2,1-5H3. The molecular weight excluding hydrogens is 470 g/mol. The van der Waals surface area contributed by atoms with Crippen molar-refractivity contribution in [2.24, 2.45) is 0 Å². The van der Waals surface area contributed by atoms with Gasteiger partial charge in [-0.25, -0.2) is 22.9 Å². The summed E-state index contributed by atoms with van der Waals surface area (Å²) in [5.41, 5.74) is 7.72. The Bertz CT molecular complexity index is 1460. The van der Waals surface area contributed by atoms with Gasteiger partial charge in [-0.2, -0.15) is 5.10 Å². The number of H-pyrrole nitrogens is 1. The number of aromatic nitrogens is 5. The average molecular weight is 502 g/mol. The highest BCUT2D eigenvalue weighted by Crippen LogP contribution is 2.41. The minimum absolute atomic E-state index is 0.215. The Morgan fingerprint density at radius 2 is 1.88 bits per heavy atom. The molecule has 0 amide bonds. The molecule has 0 radical (unpaired) electrons. The van der Waals surface area contributed by atoms with Crippen molar-refractivity contribution in [1.29, 1.82) is 0 Å². The van der Waals surface area contributed by atoms with Gasteiger partial charge < -0.3 is 9.88 Å². The summed E-state index contributed by atoms with van der Waals surface area (Å²) in [4.78, 5) is 18.8. The van der Waals surface area contributed by atoms with E-state index >= 15 is 0 Å². The third-order valence-electron chi connectivity index (χ3n) is 6.77. The van der Waals surface area contributed by atoms with Gasteiger partial charge in [-0.15, -0.1) is 0 Å². The molecule has 0 saturated carbocycles. The van der Waals surface area contributed by atoms with Crippen LogP contribution in [0.1, 0.15) is 36.5 Å². The van der Waals surface area contributed by atoms with Crippen molar-refractivity contribution in [3.63, 3.8) is 0 Å². The highest BCUT2D eigenvalue weighted by atomic mass is 32.2. The number of pyridine rings is 1. The molecule has 0 aliphatic carbocycles. The molecule has 182 valence electrons. The normalized spacial score (nSPS) is 15.9. The number of fused-ring (bicyclic) bond motifs is 2. The zero-order valence-corrected chi connectivity index (χ0v) is 21.9. The van der Waals surface area contributed by atoms with E-state index in [1.807, 2.05) is 4.52 Å². The van der Waals surface area contributed by atoms with Crippen LogP contribution in [0.2, 0.25) is 0 Å². The predicted molar refractivity (Wildman–Crippen MR) is 138 cm³/mol. The lowest BCUT2D eigenvalue weighted by Gasteiger charge is -2.34. The van der Waals surface area contributed by atoms with Crippen LogP contribution in [0.4, 0.5) is 5.13 Å². The molecule has 0 bridgehead atoms. The Kier molecular flexibility index (Phi) is 5.89. The van der Waals surface area contributed by atoms with E-state index in [9.17, 15) is 8.42 Å². The molecule has 0 atom stereocenters. The molecule has 5 rings (SSSR count). The second-order valence-corrected chi connectivity index (χ2v) is 12.8. The van der Waals surface area contributed by atoms with Crippen LogP contribution in [0, 0.1) is 13.8 Å². The summed E-state index contributed by atoms with van der Waals surface area (Å²) < 4.78 is 24.8. The summed E-state index contributed by atoms with van der Waals surface area (Å²) in [6.07, 6.45) is 4.95. The third-order valence-corrected chi connectivity index (χ3v) is 8.73. The van der Waals surface area contributed by atoms with Crippen molar-refractivity contribution in [3.05, 3.63) is 29.2 Å². The van der Waals surface area contributed by atoms with Crippen molar-refractivity contribution in [2.75, 3.05) is 49.6 Å². The molecule has 1 fully saturated rings. The van der Waals surface area contributed by atoms with Crippen LogP contribution >= 0.6 is 11.3 Å². The Morgan fingerprint density at radius 1 is 1.15 bits per heavy atom. The van der Waals surface area contributed by atoms with E-state index in [2.05, 4.69) is 58.8 Å². The van der Waals surface area contributed by atoms with Crippen molar-refractivity contribution < 1.29 is 8.42 Å². The minimum Gasteiger partial charge on any atom is -0.345 e. The molecule has 1 aliphatic heterocycles. The monoisotopic (exact) mass is 501 g/mol. The lowest BCUT2D eigenvalue weighted by Crippen LogP contribution is -2.47. The zero-order chi connectivity index (χ0) is 24.2. The van der Waals surface area contributed by atoms with E-state index in [-0.39, 0.29) is 5.75 Å². The summed E-state index contributed by atoms with van der Waals surface area (Å²) in [6.45, 7) is 12.7. The van der Waals surface area contributed by atoms with Gasteiger partial charge in [-0.3, -0.25) is 4.90 Å². The highest BCUT2D eigenvalue weighted by Gasteiger charge is 2.25. The number of anilines is 1. The second-order valence-electron chi connectivity index (χ2n) is 9.52. The SMILES string of the molecule is Cc1c(-c2[nH]c3sc(N4CCN(CCS(C)(=O)=O)CC4)nc3c2C(C)C)cn2ncnc2c1C. The van der Waals surface area contributed by atoms with Crippen LogP contribution in [0.5, 0.6) is 0 Å². The van der Waals surface area contributed by atoms with Gasteiger partial charge in [0.1, 0.15) is 26.5 Å². The second kappa shape index (κ2) is 8.62. The molecule has 1 aliphatic rings. The van der Waals surface area contributed by atoms with Gasteiger partial charge in [-0.1, -0.05) is 25.2 Å². The maximum absolute atomic E-state index is 11.5. The van der Waals surface area contributed by atoms with Gasteiger partial charge in [0.05, 0.1) is 11.4 Å². The Balaban J connectivity index is 1.44. The molecule has 0 spiro atoms. The number of aromatic amines is 1. The number of hydrogen-bond acceptors (Lipinski definition) is 8. The Hall–Kier alpha value is -2.50. The van der Waals surface area contributed by atoms with Crippen molar-refractivity contribution in [3.8, 4) is 11.3 Å². The van der Waals surface area contributed by atoms with E-state index in [1.165, 1.54) is 17.4 Å². The topological polar surface area (TPSA) is 99.5 Å². The van der Waals surface area contributed by atoms with Crippen LogP contribution in [-0.4, -0.2) is 82.6 Å². The van der Waals surface area contributed by atoms with Crippen LogP contribution in [0.3, 0.4) is 0 Å². The van der Waals surface area contributed by atoms with Gasteiger partial charge in [0.25, 0.3) is 0 Å². The molecule has 1 N–H and O–H groups in total. The number of thiazole rings is 1. The molecule has 34 heavy (non-hydrogen) atoms. The first-order valence-electron chi connectivity index (χ1n) is 11.6. The summed E-state index contributed by atoms with van der Waals surface area (Å²) in [6, 6.07) is 0. The fraction of sp³-hybridized carbons (Fsp3) is 0.522. The first kappa shape index (κ1) is 23.3. The molecule has 9 nitrogen and oxygen atoms in total. The van der Waals surface area contributed by atoms with Crippen LogP contribution in [0.15, 0.2) is 12.5 Å². The quantitative estimate of drug-likeness (QED) is 0.433. The summed E-state index contributed by atoms with van der Waals surface area (Å²) >= 11 is 1.70. The van der Waals surface area contributed by atoms with Crippen molar-refractivity contribution >= 4 is 42.3 Å². The van der Waals surface area contributed by atoms with Crippen LogP contribution < -0.4 is 4.90 Å². The number of nitrogens with zero attached hydrogens (tertiary/aromatic N) is 6. The number of sulfone groups is 1. The fourth-order valence-electron chi connectivity index (χ4n) is 4.70. The highest BCUT2D eigenvalue weighted by molar-refractivity contribution is 7.90. The Morgan fingerprint density at radius 3 is 2.56 bits per heavy atom. The van der Waals surface area contributed by atoms with Gasteiger partial charge in [0.2, 0.25) is 0 Å². The maximum Gasteiger partial charge on any atom is 0.187 e. The van der Waals surface area contributed by atoms with E-state index in [4.69, 9.17) is 4.98 Å². The minimum atomic E-state index is -2.93. The molecule has 0 unspecified atom stereocenters. The Labute approximate surface area is 203 Å². The average Bonchev–Trinajstić information content (AvgIpc) is 3.48. The molecule has 1 saturated heterocycles. The fourth-order valence-corrected chi connectivity index (χ4v) is 6.32. The third kappa shape index (κ3) is 4.20. The summed E-state index contributed by atoms with van der Waals surface area (Å²) in [7, 11) is -2.93. The number of piperazine rings is 1. The first-order valence-corrected chi connectivity index (χ1v) is 14.5. The van der Waals surface area contributed by atoms with Crippen molar-refractivity contribution in [1.82, 2.24) is 29.5 Å². The number of nitrogens with one attached hydrogen (secondary N) is 1. The van der Waals surface area contributed by atoms with E-state index in [0.29, 0.717) is 12.5 Å². The molecule has 4 aromatic heterocycles. The zero-order valence-electron chi connectivity index (χ0n) is 20.3. The van der Waals surface area contributed by atoms with E-state index in [1.54, 1.807) is 17.7 Å². The maximum atomic E-state index is 11.5. The van der Waals surface area contributed by atoms with Crippen molar-refractivity contribution in [2.45, 2.75) is 33.6 Å². The lowest BCUT2D eigenvalue weighted by molar-refractivity contribution is 0.272. The van der Waals surface area contributed by atoms with Gasteiger partial charge in [0.15, 0.2) is 10.8 Å². The predicted octanol–water partition coefficient (Wildman–Crippen LogP) is 3.24. The molecule has 11 heteroatoms. The summed E-state index contributed by atoms with van der Waals surface area (Å²) in [5.74, 6) is 0.519.